The lowest BCUT2D eigenvalue weighted by Gasteiger charge is -2.15. The minimum absolute atomic E-state index is 0.797. The molecule has 6 heteroatoms. The van der Waals surface area contributed by atoms with Gasteiger partial charge in [0.05, 0.1) is 22.8 Å². The minimum atomic E-state index is 0.797. The van der Waals surface area contributed by atoms with Crippen LogP contribution in [0.2, 0.25) is 0 Å². The van der Waals surface area contributed by atoms with Crippen LogP contribution >= 0.6 is 0 Å². The molecule has 0 atom stereocenters. The van der Waals surface area contributed by atoms with E-state index in [0.717, 1.165) is 93.0 Å². The molecule has 4 aromatic rings. The average molecular weight is 745 g/mol. The fraction of sp³-hybridized carbons (Fsp3) is 0.0769. The zero-order valence-electron chi connectivity index (χ0n) is 31.7. The van der Waals surface area contributed by atoms with Gasteiger partial charge >= 0.3 is 0 Å². The lowest BCUT2D eigenvalue weighted by molar-refractivity contribution is 1.12. The summed E-state index contributed by atoms with van der Waals surface area (Å²) in [4.78, 5) is 29.0. The van der Waals surface area contributed by atoms with E-state index >= 15 is 0 Å². The van der Waals surface area contributed by atoms with Crippen molar-refractivity contribution in [2.75, 3.05) is 0 Å². The molecule has 0 fully saturated rings. The van der Waals surface area contributed by atoms with Crippen LogP contribution in [0.25, 0.3) is 22.3 Å². The van der Waals surface area contributed by atoms with Crippen LogP contribution in [0.4, 0.5) is 0 Å². The van der Waals surface area contributed by atoms with Gasteiger partial charge in [0, 0.05) is 94.1 Å². The largest absolute Gasteiger partial charge is 0.264 e. The quantitative estimate of drug-likeness (QED) is 0.208. The summed E-state index contributed by atoms with van der Waals surface area (Å²) >= 11 is 0. The fourth-order valence-electron chi connectivity index (χ4n) is 8.98. The Morgan fingerprint density at radius 1 is 0.328 bits per heavy atom. The highest BCUT2D eigenvalue weighted by Gasteiger charge is 2.28. The summed E-state index contributed by atoms with van der Waals surface area (Å²) in [6.45, 7) is 0. The van der Waals surface area contributed by atoms with Crippen LogP contribution in [0.5, 0.6) is 0 Å². The second kappa shape index (κ2) is 14.3. The van der Waals surface area contributed by atoms with E-state index in [1.165, 1.54) is 44.6 Å². The van der Waals surface area contributed by atoms with Gasteiger partial charge in [-0.25, -0.2) is 9.98 Å². The third-order valence-corrected chi connectivity index (χ3v) is 11.7. The average Bonchev–Trinajstić information content (AvgIpc) is 4.13. The molecule has 3 aliphatic heterocycles. The van der Waals surface area contributed by atoms with Crippen LogP contribution in [-0.4, -0.2) is 31.4 Å². The summed E-state index contributed by atoms with van der Waals surface area (Å²) in [5, 5.41) is 0. The predicted molar refractivity (Wildman–Crippen MR) is 234 cm³/mol. The number of aromatic nitrogens is 4. The monoisotopic (exact) mass is 744 g/mol. The van der Waals surface area contributed by atoms with E-state index in [0.29, 0.717) is 0 Å². The number of nitrogens with zero attached hydrogens (tertiary/aromatic N) is 6. The highest BCUT2D eigenvalue weighted by Crippen LogP contribution is 2.45. The molecule has 0 radical (unpaired) electrons. The number of hydrogen-bond acceptors (Lipinski definition) is 6. The first kappa shape index (κ1) is 33.9. The Hall–Kier alpha value is -7.44. The van der Waals surface area contributed by atoms with Gasteiger partial charge in [0.15, 0.2) is 0 Å². The summed E-state index contributed by atoms with van der Waals surface area (Å²) < 4.78 is 0. The van der Waals surface area contributed by atoms with Crippen LogP contribution in [0.1, 0.15) is 47.9 Å². The highest BCUT2D eigenvalue weighted by atomic mass is 14.8. The molecule has 4 aromatic heterocycles. The number of rotatable bonds is 4. The van der Waals surface area contributed by atoms with Crippen molar-refractivity contribution in [1.82, 2.24) is 19.9 Å². The van der Waals surface area contributed by atoms with Crippen molar-refractivity contribution < 1.29 is 0 Å². The predicted octanol–water partition coefficient (Wildman–Crippen LogP) is 11.1. The molecule has 0 spiro atoms. The fourth-order valence-corrected chi connectivity index (χ4v) is 8.98. The standard InChI is InChI=1S/C52H36N6/c1-5-41(29-53-21-1)49-37-13-9-33(25-37)34-10-14-39(26-34)51(43-7-3-23-55-31-43)47-19-20-48(58-47)52(44-8-4-24-56-32-44)40-16-12-36(28-40)35-11-15-38(27-35)50(42-6-2-22-54-30-42)46-18-17-45(49)57-46/h1-24,29-32H,25-28H2. The maximum absolute atomic E-state index is 5.43. The number of aliphatic imine (C=N–C) groups is 2. The molecule has 7 heterocycles. The minimum Gasteiger partial charge on any atom is -0.264 e. The van der Waals surface area contributed by atoms with Crippen molar-refractivity contribution in [3.05, 3.63) is 249 Å². The van der Waals surface area contributed by atoms with Crippen molar-refractivity contribution in [2.24, 2.45) is 9.98 Å². The van der Waals surface area contributed by atoms with Gasteiger partial charge < -0.3 is 0 Å². The van der Waals surface area contributed by atoms with Crippen LogP contribution < -0.4 is 0 Å². The Balaban J connectivity index is 1.10. The molecule has 11 rings (SSSR count). The van der Waals surface area contributed by atoms with Crippen LogP contribution in [0, 0.1) is 0 Å². The SMILES string of the molecule is C1=CC2=C(c3cccnc3)C3=CC=C(C3)C3=CC=C(C3)C(c3cccnc3)=C3C=CC(=N3)C(c3cccnc3)=C3C=CC(=C4C=CC(=C(c5cccnc5)C1=N2)C4)C3. The highest BCUT2D eigenvalue weighted by molar-refractivity contribution is 6.33. The summed E-state index contributed by atoms with van der Waals surface area (Å²) in [7, 11) is 0. The number of pyridine rings is 4. The van der Waals surface area contributed by atoms with Gasteiger partial charge in [0.2, 0.25) is 0 Å². The van der Waals surface area contributed by atoms with E-state index in [2.05, 4.69) is 117 Å². The molecule has 0 saturated heterocycles. The second-order valence-electron chi connectivity index (χ2n) is 15.1. The smallest absolute Gasteiger partial charge is 0.0719 e. The zero-order chi connectivity index (χ0) is 38.4. The van der Waals surface area contributed by atoms with Gasteiger partial charge in [-0.3, -0.25) is 19.9 Å². The summed E-state index contributed by atoms with van der Waals surface area (Å²) in [5.74, 6) is 0. The topological polar surface area (TPSA) is 76.3 Å². The molecule has 7 aliphatic rings. The molecule has 0 N–H and O–H groups in total. The molecule has 274 valence electrons. The van der Waals surface area contributed by atoms with Gasteiger partial charge in [-0.1, -0.05) is 72.9 Å². The first-order chi connectivity index (χ1) is 28.7. The van der Waals surface area contributed by atoms with Crippen molar-refractivity contribution in [1.29, 1.82) is 0 Å². The first-order valence-corrected chi connectivity index (χ1v) is 19.7. The van der Waals surface area contributed by atoms with Crippen molar-refractivity contribution in [2.45, 2.75) is 25.7 Å². The zero-order valence-corrected chi connectivity index (χ0v) is 31.7. The molecule has 6 nitrogen and oxygen atoms in total. The number of hydrogen-bond donors (Lipinski definition) is 0. The van der Waals surface area contributed by atoms with E-state index in [1.807, 2.05) is 73.8 Å². The summed E-state index contributed by atoms with van der Waals surface area (Å²) in [6.07, 6.45) is 45.2. The molecule has 4 aliphatic carbocycles. The maximum atomic E-state index is 5.43. The maximum Gasteiger partial charge on any atom is 0.0719 e. The molecular formula is C52H36N6. The van der Waals surface area contributed by atoms with Gasteiger partial charge in [-0.15, -0.1) is 0 Å². The normalized spacial score (nSPS) is 19.4. The van der Waals surface area contributed by atoms with E-state index in [1.54, 1.807) is 0 Å². The Morgan fingerprint density at radius 2 is 0.690 bits per heavy atom. The molecule has 12 bridgehead atoms. The lowest BCUT2D eigenvalue weighted by atomic mass is 9.90. The number of fused-ring (bicyclic) bond motifs is 11. The summed E-state index contributed by atoms with van der Waals surface area (Å²) in [6, 6.07) is 16.6. The van der Waals surface area contributed by atoms with Gasteiger partial charge in [-0.2, -0.15) is 0 Å². The third kappa shape index (κ3) is 6.07. The third-order valence-electron chi connectivity index (χ3n) is 11.7. The van der Waals surface area contributed by atoms with Crippen LogP contribution in [-0.2, 0) is 0 Å². The molecule has 0 unspecified atom stereocenters. The Kier molecular flexibility index (Phi) is 8.32. The van der Waals surface area contributed by atoms with Crippen LogP contribution in [0.15, 0.2) is 237 Å². The second-order valence-corrected chi connectivity index (χ2v) is 15.1. The number of allylic oxidation sites excluding steroid dienone is 24. The molecule has 0 saturated carbocycles. The van der Waals surface area contributed by atoms with Crippen molar-refractivity contribution in [3.63, 3.8) is 0 Å². The molecular weight excluding hydrogens is 709 g/mol. The van der Waals surface area contributed by atoms with Crippen LogP contribution in [0.3, 0.4) is 0 Å². The molecule has 58 heavy (non-hydrogen) atoms. The lowest BCUT2D eigenvalue weighted by Crippen LogP contribution is -2.02. The molecule has 0 aromatic carbocycles. The Bertz CT molecular complexity index is 2710. The van der Waals surface area contributed by atoms with Gasteiger partial charge in [0.25, 0.3) is 0 Å². The van der Waals surface area contributed by atoms with Crippen molar-refractivity contribution in [3.8, 4) is 0 Å². The van der Waals surface area contributed by atoms with E-state index in [4.69, 9.17) is 9.98 Å². The first-order valence-electron chi connectivity index (χ1n) is 19.7. The molecule has 0 amide bonds. The van der Waals surface area contributed by atoms with E-state index in [-0.39, 0.29) is 0 Å². The van der Waals surface area contributed by atoms with Gasteiger partial charge in [0.1, 0.15) is 0 Å². The van der Waals surface area contributed by atoms with E-state index < -0.39 is 0 Å². The van der Waals surface area contributed by atoms with Crippen molar-refractivity contribution >= 4 is 33.7 Å². The van der Waals surface area contributed by atoms with Gasteiger partial charge in [-0.05, 0) is 119 Å². The Labute approximate surface area is 337 Å². The Morgan fingerprint density at radius 3 is 1.07 bits per heavy atom. The summed E-state index contributed by atoms with van der Waals surface area (Å²) in [5.41, 5.74) is 22.5. The van der Waals surface area contributed by atoms with E-state index in [9.17, 15) is 0 Å².